The van der Waals surface area contributed by atoms with Crippen LogP contribution in [0.2, 0.25) is 0 Å². The normalized spacial score (nSPS) is 19.5. The van der Waals surface area contributed by atoms with E-state index in [1.54, 1.807) is 20.8 Å². The van der Waals surface area contributed by atoms with Gasteiger partial charge in [-0.3, -0.25) is 0 Å². The zero-order valence-corrected chi connectivity index (χ0v) is 13.6. The monoisotopic (exact) mass is 317 g/mol. The molecule has 1 aliphatic heterocycles. The third kappa shape index (κ3) is 4.92. The topological polar surface area (TPSA) is 55.8 Å². The molecule has 95 valence electrons. The van der Waals surface area contributed by atoms with Crippen molar-refractivity contribution in [3.8, 4) is 0 Å². The number of likely N-dealkylation sites (tertiary alicyclic amines) is 1. The summed E-state index contributed by atoms with van der Waals surface area (Å²) in [5.41, 5.74) is -0.555. The second kappa shape index (κ2) is 6.69. The Bertz CT molecular complexity index is 288. The molecule has 0 N–H and O–H groups in total. The number of hydrogen-bond acceptors (Lipinski definition) is 4. The van der Waals surface area contributed by atoms with Gasteiger partial charge in [-0.25, -0.2) is 9.59 Å². The smallest absolute Gasteiger partial charge is 0.408 e. The third-order valence-electron chi connectivity index (χ3n) is 2.19. The Balaban J connectivity index is 0.00000256. The molecule has 1 heterocycles. The number of rotatable bonds is 1. The summed E-state index contributed by atoms with van der Waals surface area (Å²) in [5, 5.41) is 0. The van der Waals surface area contributed by atoms with Crippen LogP contribution in [0.3, 0.4) is 0 Å². The van der Waals surface area contributed by atoms with Crippen molar-refractivity contribution in [2.75, 3.05) is 13.7 Å². The van der Waals surface area contributed by atoms with E-state index < -0.39 is 23.7 Å². The molecule has 1 amide bonds. The van der Waals surface area contributed by atoms with Crippen LogP contribution in [0.5, 0.6) is 0 Å². The molecule has 1 fully saturated rings. The molecular formula is C11H18NO4Y-. The number of hydrogen-bond donors (Lipinski definition) is 0. The third-order valence-corrected chi connectivity index (χ3v) is 2.19. The van der Waals surface area contributed by atoms with Crippen LogP contribution in [0.4, 0.5) is 4.79 Å². The Hall–Kier alpha value is -0.156. The maximum Gasteiger partial charge on any atom is 0.408 e. The molecule has 17 heavy (non-hydrogen) atoms. The van der Waals surface area contributed by atoms with Crippen LogP contribution in [0, 0.1) is 6.42 Å². The largest absolute Gasteiger partial charge is 0.468 e. The summed E-state index contributed by atoms with van der Waals surface area (Å²) in [4.78, 5) is 24.6. The summed E-state index contributed by atoms with van der Waals surface area (Å²) in [7, 11) is 1.31. The van der Waals surface area contributed by atoms with Crippen LogP contribution in [0.1, 0.15) is 27.2 Å². The predicted molar refractivity (Wildman–Crippen MR) is 57.7 cm³/mol. The number of nitrogens with zero attached hydrogens (tertiary/aromatic N) is 1. The van der Waals surface area contributed by atoms with Gasteiger partial charge in [-0.1, -0.05) is 6.54 Å². The minimum atomic E-state index is -0.555. The van der Waals surface area contributed by atoms with Gasteiger partial charge in [0.25, 0.3) is 0 Å². The number of methoxy groups -OCH3 is 1. The fourth-order valence-electron chi connectivity index (χ4n) is 1.51. The van der Waals surface area contributed by atoms with Crippen LogP contribution < -0.4 is 0 Å². The molecule has 1 rings (SSSR count). The fraction of sp³-hybridized carbons (Fsp3) is 0.727. The second-order valence-corrected chi connectivity index (χ2v) is 4.70. The molecule has 1 aliphatic rings. The van der Waals surface area contributed by atoms with Crippen molar-refractivity contribution < 1.29 is 51.8 Å². The molecule has 5 nitrogen and oxygen atoms in total. The second-order valence-electron chi connectivity index (χ2n) is 4.70. The van der Waals surface area contributed by atoms with Gasteiger partial charge < -0.3 is 20.8 Å². The quantitative estimate of drug-likeness (QED) is 0.541. The molecule has 0 aromatic rings. The molecule has 6 heteroatoms. The van der Waals surface area contributed by atoms with E-state index in [9.17, 15) is 9.59 Å². The van der Waals surface area contributed by atoms with Crippen LogP contribution in [0.25, 0.3) is 0 Å². The average molecular weight is 317 g/mol. The summed E-state index contributed by atoms with van der Waals surface area (Å²) >= 11 is 0. The van der Waals surface area contributed by atoms with Gasteiger partial charge in [0.15, 0.2) is 0 Å². The number of esters is 1. The molecule has 0 saturated carbocycles. The number of amides is 1. The first-order chi connectivity index (χ1) is 7.35. The maximum atomic E-state index is 11.8. The van der Waals surface area contributed by atoms with E-state index in [0.717, 1.165) is 0 Å². The molecule has 0 aromatic heterocycles. The standard InChI is InChI=1S/C11H18NO4.Y/c1-11(2,3)16-10(14)12-7-5-6-8(12)9(13)15-4;/h5,8H,6-7H2,1-4H3;/q-1;/t8-;/m0./s1. The van der Waals surface area contributed by atoms with Gasteiger partial charge in [-0.15, -0.1) is 6.42 Å². The minimum absolute atomic E-state index is 0. The van der Waals surface area contributed by atoms with Crippen molar-refractivity contribution in [3.63, 3.8) is 0 Å². The van der Waals surface area contributed by atoms with Gasteiger partial charge >= 0.3 is 12.1 Å². The first kappa shape index (κ1) is 16.8. The van der Waals surface area contributed by atoms with Gasteiger partial charge in [-0.05, 0) is 20.8 Å². The Morgan fingerprint density at radius 2 is 1.94 bits per heavy atom. The molecule has 0 aromatic carbocycles. The van der Waals surface area contributed by atoms with Crippen LogP contribution in [0.15, 0.2) is 0 Å². The van der Waals surface area contributed by atoms with E-state index in [0.29, 0.717) is 13.0 Å². The van der Waals surface area contributed by atoms with Gasteiger partial charge in [-0.2, -0.15) is 0 Å². The molecular weight excluding hydrogens is 299 g/mol. The maximum absolute atomic E-state index is 11.8. The van der Waals surface area contributed by atoms with Gasteiger partial charge in [0, 0.05) is 32.7 Å². The SMILES string of the molecule is COC(=O)[C@@H]1C[CH-]CN1C(=O)OC(C)(C)C.[Y]. The zero-order chi connectivity index (χ0) is 12.3. The van der Waals surface area contributed by atoms with E-state index >= 15 is 0 Å². The van der Waals surface area contributed by atoms with Gasteiger partial charge in [0.05, 0.1) is 7.11 Å². The molecule has 0 aliphatic carbocycles. The Kier molecular flexibility index (Phi) is 6.63. The van der Waals surface area contributed by atoms with Crippen molar-refractivity contribution in [2.24, 2.45) is 0 Å². The first-order valence-corrected chi connectivity index (χ1v) is 5.24. The van der Waals surface area contributed by atoms with Crippen molar-refractivity contribution in [1.82, 2.24) is 4.90 Å². The van der Waals surface area contributed by atoms with Crippen molar-refractivity contribution in [3.05, 3.63) is 6.42 Å². The summed E-state index contributed by atoms with van der Waals surface area (Å²) in [6, 6.07) is -0.542. The molecule has 0 spiro atoms. The van der Waals surface area contributed by atoms with E-state index in [1.807, 2.05) is 6.42 Å². The Morgan fingerprint density at radius 3 is 2.41 bits per heavy atom. The Labute approximate surface area is 127 Å². The molecule has 0 unspecified atom stereocenters. The Morgan fingerprint density at radius 1 is 1.35 bits per heavy atom. The number of carbonyl (C=O) groups excluding carboxylic acids is 2. The van der Waals surface area contributed by atoms with Gasteiger partial charge in [0.2, 0.25) is 0 Å². The molecule has 1 radical (unpaired) electrons. The zero-order valence-electron chi connectivity index (χ0n) is 10.7. The van der Waals surface area contributed by atoms with E-state index in [4.69, 9.17) is 4.74 Å². The first-order valence-electron chi connectivity index (χ1n) is 5.24. The summed E-state index contributed by atoms with van der Waals surface area (Å²) in [5.74, 6) is -0.403. The van der Waals surface area contributed by atoms with E-state index in [1.165, 1.54) is 12.0 Å². The molecule has 0 bridgehead atoms. The minimum Gasteiger partial charge on any atom is -0.468 e. The summed E-state index contributed by atoms with van der Waals surface area (Å²) < 4.78 is 9.84. The molecule has 1 saturated heterocycles. The number of carbonyl (C=O) groups is 2. The molecule has 1 atom stereocenters. The van der Waals surface area contributed by atoms with Crippen LogP contribution >= 0.6 is 0 Å². The summed E-state index contributed by atoms with van der Waals surface area (Å²) in [6.07, 6.45) is 1.91. The van der Waals surface area contributed by atoms with E-state index in [2.05, 4.69) is 4.74 Å². The van der Waals surface area contributed by atoms with E-state index in [-0.39, 0.29) is 32.7 Å². The van der Waals surface area contributed by atoms with Gasteiger partial charge in [0.1, 0.15) is 11.6 Å². The van der Waals surface area contributed by atoms with Crippen molar-refractivity contribution in [1.29, 1.82) is 0 Å². The number of ether oxygens (including phenoxy) is 2. The predicted octanol–water partition coefficient (Wildman–Crippen LogP) is 1.37. The van der Waals surface area contributed by atoms with Crippen LogP contribution in [-0.2, 0) is 47.0 Å². The fourth-order valence-corrected chi connectivity index (χ4v) is 1.51. The average Bonchev–Trinajstić information content (AvgIpc) is 2.62. The van der Waals surface area contributed by atoms with Crippen molar-refractivity contribution in [2.45, 2.75) is 38.8 Å². The van der Waals surface area contributed by atoms with Crippen molar-refractivity contribution >= 4 is 12.1 Å². The summed E-state index contributed by atoms with van der Waals surface area (Å²) in [6.45, 7) is 5.79. The van der Waals surface area contributed by atoms with Crippen LogP contribution in [-0.4, -0.2) is 42.3 Å².